The van der Waals surface area contributed by atoms with E-state index < -0.39 is 5.54 Å². The maximum atomic E-state index is 13.8. The summed E-state index contributed by atoms with van der Waals surface area (Å²) >= 11 is 6.39. The molecule has 5 rings (SSSR count). The number of aromatic nitrogens is 2. The molecule has 9 heteroatoms. The van der Waals surface area contributed by atoms with Crippen molar-refractivity contribution in [2.45, 2.75) is 50.7 Å². The van der Waals surface area contributed by atoms with Crippen LogP contribution in [0.25, 0.3) is 11.5 Å². The normalized spacial score (nSPS) is 20.7. The molecule has 8 nitrogen and oxygen atoms in total. The van der Waals surface area contributed by atoms with E-state index in [1.807, 2.05) is 0 Å². The molecule has 2 aliphatic rings. The Bertz CT molecular complexity index is 1200. The minimum Gasteiger partial charge on any atom is -0.495 e. The monoisotopic (exact) mass is 468 g/mol. The van der Waals surface area contributed by atoms with E-state index in [2.05, 4.69) is 10.4 Å². The summed E-state index contributed by atoms with van der Waals surface area (Å²) in [4.78, 5) is 29.0. The first-order valence-corrected chi connectivity index (χ1v) is 11.4. The molecular formula is C24H25ClN4O4. The van der Waals surface area contributed by atoms with Gasteiger partial charge in [-0.1, -0.05) is 24.4 Å². The van der Waals surface area contributed by atoms with Gasteiger partial charge in [0.1, 0.15) is 22.7 Å². The lowest BCUT2D eigenvalue weighted by atomic mass is 9.93. The largest absolute Gasteiger partial charge is 0.495 e. The molecule has 0 bridgehead atoms. The number of anilines is 1. The maximum absolute atomic E-state index is 13.8. The van der Waals surface area contributed by atoms with E-state index in [-0.39, 0.29) is 24.4 Å². The van der Waals surface area contributed by atoms with Gasteiger partial charge in [-0.25, -0.2) is 0 Å². The Balaban J connectivity index is 1.59. The fraction of sp³-hybridized carbons (Fsp3) is 0.375. The van der Waals surface area contributed by atoms with Crippen molar-refractivity contribution in [3.05, 3.63) is 53.4 Å². The van der Waals surface area contributed by atoms with Crippen molar-refractivity contribution < 1.29 is 18.7 Å². The number of carbonyl (C=O) groups is 2. The van der Waals surface area contributed by atoms with Gasteiger partial charge in [0.15, 0.2) is 5.76 Å². The predicted molar refractivity (Wildman–Crippen MR) is 124 cm³/mol. The van der Waals surface area contributed by atoms with Gasteiger partial charge in [0, 0.05) is 17.8 Å². The van der Waals surface area contributed by atoms with Crippen LogP contribution in [0.3, 0.4) is 0 Å². The average Bonchev–Trinajstić information content (AvgIpc) is 3.55. The number of benzene rings is 1. The van der Waals surface area contributed by atoms with E-state index in [4.69, 9.17) is 20.8 Å². The molecule has 0 unspecified atom stereocenters. The highest BCUT2D eigenvalue weighted by Crippen LogP contribution is 2.37. The van der Waals surface area contributed by atoms with Crippen molar-refractivity contribution in [3.63, 3.8) is 0 Å². The second kappa shape index (κ2) is 8.26. The van der Waals surface area contributed by atoms with E-state index in [1.54, 1.807) is 54.3 Å². The number of methoxy groups -OCH3 is 1. The molecule has 1 aliphatic heterocycles. The number of nitrogens with one attached hydrogen (secondary N) is 1. The van der Waals surface area contributed by atoms with Crippen LogP contribution in [0.2, 0.25) is 5.02 Å². The highest BCUT2D eigenvalue weighted by atomic mass is 35.5. The molecule has 0 spiro atoms. The second-order valence-corrected chi connectivity index (χ2v) is 9.15. The summed E-state index contributed by atoms with van der Waals surface area (Å²) in [6, 6.07) is 10.4. The Kier molecular flexibility index (Phi) is 5.40. The van der Waals surface area contributed by atoms with Gasteiger partial charge >= 0.3 is 0 Å². The number of ether oxygens (including phenoxy) is 1. The third kappa shape index (κ3) is 3.68. The Hall–Kier alpha value is -3.26. The number of halogens is 1. The van der Waals surface area contributed by atoms with Crippen molar-refractivity contribution in [2.24, 2.45) is 0 Å². The number of fused-ring (bicyclic) bond motifs is 1. The van der Waals surface area contributed by atoms with E-state index in [0.29, 0.717) is 33.6 Å². The zero-order valence-electron chi connectivity index (χ0n) is 18.5. The van der Waals surface area contributed by atoms with Gasteiger partial charge in [-0.3, -0.25) is 19.2 Å². The van der Waals surface area contributed by atoms with Crippen LogP contribution in [-0.2, 0) is 11.3 Å². The van der Waals surface area contributed by atoms with E-state index in [0.717, 1.165) is 25.7 Å². The summed E-state index contributed by atoms with van der Waals surface area (Å²) in [6.45, 7) is 1.96. The van der Waals surface area contributed by atoms with Crippen molar-refractivity contribution >= 4 is 29.1 Å². The van der Waals surface area contributed by atoms with Gasteiger partial charge in [-0.2, -0.15) is 5.10 Å². The Morgan fingerprint density at radius 1 is 1.27 bits per heavy atom. The lowest BCUT2D eigenvalue weighted by Crippen LogP contribution is -2.65. The first-order chi connectivity index (χ1) is 15.9. The molecule has 2 amide bonds. The number of hydrogen-bond acceptors (Lipinski definition) is 5. The molecule has 1 aromatic carbocycles. The van der Waals surface area contributed by atoms with E-state index in [9.17, 15) is 9.59 Å². The van der Waals surface area contributed by atoms with E-state index >= 15 is 0 Å². The second-order valence-electron chi connectivity index (χ2n) is 8.74. The number of carbonyl (C=O) groups excluding carboxylic acids is 2. The number of amides is 2. The lowest BCUT2D eigenvalue weighted by Gasteiger charge is -2.43. The molecule has 3 heterocycles. The Labute approximate surface area is 196 Å². The van der Waals surface area contributed by atoms with Crippen molar-refractivity contribution in [3.8, 4) is 17.2 Å². The molecule has 0 radical (unpaired) electrons. The number of hydrogen-bond donors (Lipinski definition) is 1. The molecule has 33 heavy (non-hydrogen) atoms. The zero-order valence-corrected chi connectivity index (χ0v) is 19.3. The molecule has 1 fully saturated rings. The topological polar surface area (TPSA) is 89.6 Å². The molecule has 1 saturated carbocycles. The smallest absolute Gasteiger partial charge is 0.277 e. The number of rotatable bonds is 5. The van der Waals surface area contributed by atoms with Crippen LogP contribution in [0.15, 0.2) is 47.1 Å². The standard InChI is InChI=1S/C24H25ClN4O4/c1-24(23(31)26-15-6-3-4-7-15)14-28-19(13-18(27-28)21-8-5-11-33-21)22(30)29(24)16-9-10-20(32-2)17(25)12-16/h5,8-13,15H,3-4,6-7,14H2,1-2H3,(H,26,31)/t24-/m1/s1. The molecule has 3 aromatic rings. The Morgan fingerprint density at radius 3 is 2.73 bits per heavy atom. The molecule has 1 atom stereocenters. The highest BCUT2D eigenvalue weighted by molar-refractivity contribution is 6.32. The fourth-order valence-corrected chi connectivity index (χ4v) is 4.99. The predicted octanol–water partition coefficient (Wildman–Crippen LogP) is 4.28. The summed E-state index contributed by atoms with van der Waals surface area (Å²) < 4.78 is 12.3. The van der Waals surface area contributed by atoms with Crippen molar-refractivity contribution in [2.75, 3.05) is 12.0 Å². The molecule has 1 aliphatic carbocycles. The first-order valence-electron chi connectivity index (χ1n) is 11.0. The van der Waals surface area contributed by atoms with Gasteiger partial charge in [0.05, 0.1) is 24.9 Å². The minimum absolute atomic E-state index is 0.114. The fourth-order valence-electron chi connectivity index (χ4n) is 4.74. The number of nitrogens with zero attached hydrogens (tertiary/aromatic N) is 3. The van der Waals surface area contributed by atoms with Crippen LogP contribution in [0.1, 0.15) is 43.1 Å². The van der Waals surface area contributed by atoms with Crippen molar-refractivity contribution in [1.29, 1.82) is 0 Å². The Morgan fingerprint density at radius 2 is 2.06 bits per heavy atom. The highest BCUT2D eigenvalue weighted by Gasteiger charge is 2.49. The van der Waals surface area contributed by atoms with E-state index in [1.165, 1.54) is 12.0 Å². The summed E-state index contributed by atoms with van der Waals surface area (Å²) in [6.07, 6.45) is 5.63. The zero-order chi connectivity index (χ0) is 23.2. The summed E-state index contributed by atoms with van der Waals surface area (Å²) in [5.41, 5.74) is 0.217. The summed E-state index contributed by atoms with van der Waals surface area (Å²) in [5.74, 6) is 0.500. The van der Waals surface area contributed by atoms with Crippen LogP contribution < -0.4 is 15.0 Å². The molecule has 2 aromatic heterocycles. The van der Waals surface area contributed by atoms with Crippen LogP contribution in [0.5, 0.6) is 5.75 Å². The van der Waals surface area contributed by atoms with Gasteiger partial charge in [0.2, 0.25) is 5.91 Å². The van der Waals surface area contributed by atoms with Crippen LogP contribution in [0.4, 0.5) is 5.69 Å². The first kappa shape index (κ1) is 21.6. The quantitative estimate of drug-likeness (QED) is 0.603. The molecule has 0 saturated heterocycles. The minimum atomic E-state index is -1.21. The van der Waals surface area contributed by atoms with Crippen molar-refractivity contribution in [1.82, 2.24) is 15.1 Å². The summed E-state index contributed by atoms with van der Waals surface area (Å²) in [7, 11) is 1.53. The molecular weight excluding hydrogens is 444 g/mol. The average molecular weight is 469 g/mol. The van der Waals surface area contributed by atoms with Gasteiger partial charge in [-0.05, 0) is 50.1 Å². The SMILES string of the molecule is COc1ccc(N2C(=O)c3cc(-c4ccco4)nn3C[C@]2(C)C(=O)NC2CCCC2)cc1Cl. The van der Waals surface area contributed by atoms with Crippen LogP contribution >= 0.6 is 11.6 Å². The van der Waals surface area contributed by atoms with Crippen LogP contribution in [-0.4, -0.2) is 40.3 Å². The molecule has 172 valence electrons. The third-order valence-corrected chi connectivity index (χ3v) is 6.80. The maximum Gasteiger partial charge on any atom is 0.277 e. The van der Waals surface area contributed by atoms with Crippen LogP contribution in [0, 0.1) is 0 Å². The number of furan rings is 1. The summed E-state index contributed by atoms with van der Waals surface area (Å²) in [5, 5.41) is 8.10. The van der Waals surface area contributed by atoms with Gasteiger partial charge in [0.25, 0.3) is 5.91 Å². The van der Waals surface area contributed by atoms with Gasteiger partial charge < -0.3 is 14.5 Å². The van der Waals surface area contributed by atoms with Gasteiger partial charge in [-0.15, -0.1) is 0 Å². The lowest BCUT2D eigenvalue weighted by molar-refractivity contribution is -0.127. The third-order valence-electron chi connectivity index (χ3n) is 6.50. The molecule has 1 N–H and O–H groups in total.